The zero-order chi connectivity index (χ0) is 14.6. The van der Waals surface area contributed by atoms with Crippen molar-refractivity contribution in [3.63, 3.8) is 0 Å². The maximum atomic E-state index is 12.1. The lowest BCUT2D eigenvalue weighted by Crippen LogP contribution is -2.42. The fourth-order valence-electron chi connectivity index (χ4n) is 1.70. The van der Waals surface area contributed by atoms with Gasteiger partial charge in [-0.1, -0.05) is 13.8 Å². The maximum absolute atomic E-state index is 12.1. The summed E-state index contributed by atoms with van der Waals surface area (Å²) in [4.78, 5) is 11.1. The van der Waals surface area contributed by atoms with E-state index >= 15 is 0 Å². The summed E-state index contributed by atoms with van der Waals surface area (Å²) in [5.41, 5.74) is 0. The second-order valence-corrected chi connectivity index (χ2v) is 6.29. The van der Waals surface area contributed by atoms with Crippen LogP contribution in [0.3, 0.4) is 0 Å². The summed E-state index contributed by atoms with van der Waals surface area (Å²) >= 11 is 0. The Labute approximate surface area is 112 Å². The molecular weight excluding hydrogens is 270 g/mol. The average molecular weight is 289 g/mol. The van der Waals surface area contributed by atoms with E-state index in [1.54, 1.807) is 6.92 Å². The van der Waals surface area contributed by atoms with E-state index in [0.29, 0.717) is 6.54 Å². The Balaban J connectivity index is 2.97. The predicted octanol–water partition coefficient (Wildman–Crippen LogP) is 0.681. The van der Waals surface area contributed by atoms with Crippen LogP contribution in [-0.2, 0) is 21.4 Å². The first kappa shape index (κ1) is 15.6. The Morgan fingerprint density at radius 1 is 1.53 bits per heavy atom. The van der Waals surface area contributed by atoms with Crippen LogP contribution in [-0.4, -0.2) is 35.3 Å². The number of nitrogens with one attached hydrogen (secondary N) is 1. The Morgan fingerprint density at radius 3 is 2.63 bits per heavy atom. The van der Waals surface area contributed by atoms with E-state index in [2.05, 4.69) is 9.82 Å². The summed E-state index contributed by atoms with van der Waals surface area (Å²) in [6.07, 6.45) is 1.60. The Morgan fingerprint density at radius 2 is 2.16 bits per heavy atom. The molecule has 0 saturated heterocycles. The van der Waals surface area contributed by atoms with Gasteiger partial charge in [-0.25, -0.2) is 8.42 Å². The largest absolute Gasteiger partial charge is 0.480 e. The van der Waals surface area contributed by atoms with Crippen molar-refractivity contribution in [1.29, 1.82) is 0 Å². The lowest BCUT2D eigenvalue weighted by Gasteiger charge is -2.16. The van der Waals surface area contributed by atoms with Gasteiger partial charge in [0.1, 0.15) is 6.04 Å². The van der Waals surface area contributed by atoms with Gasteiger partial charge in [0, 0.05) is 6.54 Å². The highest BCUT2D eigenvalue weighted by atomic mass is 32.2. The number of nitrogens with zero attached hydrogens (tertiary/aromatic N) is 2. The molecule has 0 unspecified atom stereocenters. The van der Waals surface area contributed by atoms with Crippen LogP contribution in [0.15, 0.2) is 17.3 Å². The van der Waals surface area contributed by atoms with Crippen molar-refractivity contribution in [2.45, 2.75) is 44.8 Å². The van der Waals surface area contributed by atoms with Gasteiger partial charge in [-0.15, -0.1) is 0 Å². The SMILES string of the molecule is CCn1nccc1S(=O)(=O)N[C@H](CC(C)C)C(=O)O. The first-order valence-electron chi connectivity index (χ1n) is 6.05. The number of rotatable bonds is 7. The monoisotopic (exact) mass is 289 g/mol. The number of aryl methyl sites for hydroxylation is 1. The molecule has 1 rings (SSSR count). The van der Waals surface area contributed by atoms with Crippen molar-refractivity contribution in [3.05, 3.63) is 12.3 Å². The van der Waals surface area contributed by atoms with Crippen LogP contribution in [0.4, 0.5) is 0 Å². The molecule has 7 nitrogen and oxygen atoms in total. The number of hydrogen-bond acceptors (Lipinski definition) is 4. The molecule has 0 aliphatic rings. The van der Waals surface area contributed by atoms with Crippen LogP contribution in [0.2, 0.25) is 0 Å². The van der Waals surface area contributed by atoms with Gasteiger partial charge in [0.2, 0.25) is 0 Å². The van der Waals surface area contributed by atoms with Crippen molar-refractivity contribution in [1.82, 2.24) is 14.5 Å². The molecule has 0 spiro atoms. The molecule has 0 amide bonds. The Bertz CT molecular complexity index is 536. The van der Waals surface area contributed by atoms with Crippen LogP contribution >= 0.6 is 0 Å². The van der Waals surface area contributed by atoms with E-state index in [1.165, 1.54) is 16.9 Å². The summed E-state index contributed by atoms with van der Waals surface area (Å²) in [5.74, 6) is -1.11. The highest BCUT2D eigenvalue weighted by molar-refractivity contribution is 7.89. The third kappa shape index (κ3) is 4.03. The van der Waals surface area contributed by atoms with Gasteiger partial charge in [0.05, 0.1) is 6.20 Å². The quantitative estimate of drug-likeness (QED) is 0.768. The number of aromatic nitrogens is 2. The molecular formula is C11H19N3O4S. The van der Waals surface area contributed by atoms with E-state index < -0.39 is 22.0 Å². The maximum Gasteiger partial charge on any atom is 0.321 e. The Kier molecular flexibility index (Phi) is 5.07. The highest BCUT2D eigenvalue weighted by Crippen LogP contribution is 2.12. The normalized spacial score (nSPS) is 13.7. The van der Waals surface area contributed by atoms with Gasteiger partial charge in [0.25, 0.3) is 10.0 Å². The molecule has 2 N–H and O–H groups in total. The standard InChI is InChI=1S/C11H19N3O4S/c1-4-14-10(5-6-12-14)19(17,18)13-9(11(15)16)7-8(2)3/h5-6,8-9,13H,4,7H2,1-3H3,(H,15,16)/t9-/m1/s1. The molecule has 0 bridgehead atoms. The molecule has 0 aliphatic carbocycles. The van der Waals surface area contributed by atoms with E-state index in [4.69, 9.17) is 5.11 Å². The molecule has 1 heterocycles. The van der Waals surface area contributed by atoms with Gasteiger partial charge < -0.3 is 5.11 Å². The van der Waals surface area contributed by atoms with Crippen LogP contribution in [0.5, 0.6) is 0 Å². The van der Waals surface area contributed by atoms with Crippen molar-refractivity contribution >= 4 is 16.0 Å². The van der Waals surface area contributed by atoms with E-state index in [-0.39, 0.29) is 17.4 Å². The van der Waals surface area contributed by atoms with Gasteiger partial charge >= 0.3 is 5.97 Å². The summed E-state index contributed by atoms with van der Waals surface area (Å²) in [5, 5.41) is 12.9. The lowest BCUT2D eigenvalue weighted by atomic mass is 10.1. The zero-order valence-corrected chi connectivity index (χ0v) is 12.0. The molecule has 19 heavy (non-hydrogen) atoms. The molecule has 1 atom stereocenters. The van der Waals surface area contributed by atoms with E-state index in [1.807, 2.05) is 13.8 Å². The van der Waals surface area contributed by atoms with Crippen molar-refractivity contribution in [2.75, 3.05) is 0 Å². The number of carbonyl (C=O) groups is 1. The molecule has 0 fully saturated rings. The third-order valence-corrected chi connectivity index (χ3v) is 4.05. The van der Waals surface area contributed by atoms with Gasteiger partial charge in [-0.2, -0.15) is 9.82 Å². The van der Waals surface area contributed by atoms with Crippen LogP contribution in [0.1, 0.15) is 27.2 Å². The Hall–Kier alpha value is -1.41. The second kappa shape index (κ2) is 6.16. The zero-order valence-electron chi connectivity index (χ0n) is 11.2. The van der Waals surface area contributed by atoms with Gasteiger partial charge in [-0.3, -0.25) is 9.48 Å². The van der Waals surface area contributed by atoms with E-state index in [9.17, 15) is 13.2 Å². The average Bonchev–Trinajstić information content (AvgIpc) is 2.75. The third-order valence-electron chi connectivity index (χ3n) is 2.56. The number of carboxylic acid groups (broad SMARTS) is 1. The van der Waals surface area contributed by atoms with Crippen LogP contribution in [0, 0.1) is 5.92 Å². The summed E-state index contributed by atoms with van der Waals surface area (Å²) in [6.45, 7) is 5.82. The molecule has 0 radical (unpaired) electrons. The molecule has 108 valence electrons. The number of carboxylic acids is 1. The second-order valence-electron chi connectivity index (χ2n) is 4.63. The predicted molar refractivity (Wildman–Crippen MR) is 69.1 cm³/mol. The summed E-state index contributed by atoms with van der Waals surface area (Å²) in [6, 6.07) is 0.213. The minimum absolute atomic E-state index is 0.0231. The van der Waals surface area contributed by atoms with Gasteiger partial charge in [-0.05, 0) is 25.3 Å². The van der Waals surface area contributed by atoms with Crippen LogP contribution < -0.4 is 4.72 Å². The van der Waals surface area contributed by atoms with Crippen molar-refractivity contribution in [2.24, 2.45) is 5.92 Å². The highest BCUT2D eigenvalue weighted by Gasteiger charge is 2.28. The summed E-state index contributed by atoms with van der Waals surface area (Å²) < 4.78 is 27.8. The minimum Gasteiger partial charge on any atom is -0.480 e. The smallest absolute Gasteiger partial charge is 0.321 e. The molecule has 0 aromatic carbocycles. The fourth-order valence-corrected chi connectivity index (χ4v) is 3.09. The molecule has 0 saturated carbocycles. The fraction of sp³-hybridized carbons (Fsp3) is 0.636. The van der Waals surface area contributed by atoms with Gasteiger partial charge in [0.15, 0.2) is 5.03 Å². The first-order chi connectivity index (χ1) is 8.77. The van der Waals surface area contributed by atoms with Crippen molar-refractivity contribution < 1.29 is 18.3 Å². The topological polar surface area (TPSA) is 101 Å². The first-order valence-corrected chi connectivity index (χ1v) is 7.53. The molecule has 0 aliphatic heterocycles. The number of sulfonamides is 1. The minimum atomic E-state index is -3.88. The lowest BCUT2D eigenvalue weighted by molar-refractivity contribution is -0.139. The molecule has 1 aromatic heterocycles. The number of hydrogen-bond donors (Lipinski definition) is 2. The van der Waals surface area contributed by atoms with Crippen molar-refractivity contribution in [3.8, 4) is 0 Å². The molecule has 8 heteroatoms. The molecule has 1 aromatic rings. The summed E-state index contributed by atoms with van der Waals surface area (Å²) in [7, 11) is -3.88. The van der Waals surface area contributed by atoms with Crippen LogP contribution in [0.25, 0.3) is 0 Å². The number of aliphatic carboxylic acids is 1. The van der Waals surface area contributed by atoms with E-state index in [0.717, 1.165) is 0 Å².